The van der Waals surface area contributed by atoms with Crippen molar-refractivity contribution < 1.29 is 14.3 Å². The summed E-state index contributed by atoms with van der Waals surface area (Å²) in [5.74, 6) is -0.464. The van der Waals surface area contributed by atoms with E-state index in [-0.39, 0.29) is 5.69 Å². The smallest absolute Gasteiger partial charge is 0.329 e. The molecule has 1 fully saturated rings. The van der Waals surface area contributed by atoms with Gasteiger partial charge in [-0.15, -0.1) is 0 Å². The lowest BCUT2D eigenvalue weighted by Gasteiger charge is -2.47. The molecule has 0 atom stereocenters. The monoisotopic (exact) mass is 251 g/mol. The molecule has 0 aliphatic heterocycles. The van der Waals surface area contributed by atoms with Crippen molar-refractivity contribution in [3.63, 3.8) is 0 Å². The molecular formula is C14H18FNO2. The largest absolute Gasteiger partial charge is 0.480 e. The highest BCUT2D eigenvalue weighted by Crippen LogP contribution is 2.44. The zero-order valence-corrected chi connectivity index (χ0v) is 10.6. The normalized spacial score (nSPS) is 26.8. The third-order valence-corrected chi connectivity index (χ3v) is 3.82. The van der Waals surface area contributed by atoms with Gasteiger partial charge in [-0.05, 0) is 36.8 Å². The predicted molar refractivity (Wildman–Crippen MR) is 68.0 cm³/mol. The molecule has 1 aromatic rings. The minimum absolute atomic E-state index is 0.266. The van der Waals surface area contributed by atoms with Gasteiger partial charge >= 0.3 is 5.97 Å². The van der Waals surface area contributed by atoms with Crippen LogP contribution < -0.4 is 5.32 Å². The average molecular weight is 251 g/mol. The number of halogens is 1. The molecule has 1 aliphatic carbocycles. The second kappa shape index (κ2) is 4.59. The highest BCUT2D eigenvalue weighted by atomic mass is 19.1. The van der Waals surface area contributed by atoms with Gasteiger partial charge in [0.05, 0.1) is 5.69 Å². The van der Waals surface area contributed by atoms with Crippen LogP contribution >= 0.6 is 0 Å². The highest BCUT2D eigenvalue weighted by Gasteiger charge is 2.51. The first-order chi connectivity index (χ1) is 8.44. The molecule has 1 aromatic carbocycles. The molecule has 0 aromatic heterocycles. The molecule has 3 nitrogen and oxygen atoms in total. The minimum atomic E-state index is -1.00. The maximum absolute atomic E-state index is 13.5. The third kappa shape index (κ3) is 2.19. The van der Waals surface area contributed by atoms with Gasteiger partial charge in [0.2, 0.25) is 0 Å². The molecule has 0 unspecified atom stereocenters. The van der Waals surface area contributed by atoms with Crippen LogP contribution in [0.25, 0.3) is 0 Å². The van der Waals surface area contributed by atoms with Crippen molar-refractivity contribution in [2.45, 2.75) is 32.2 Å². The summed E-state index contributed by atoms with van der Waals surface area (Å²) in [6, 6.07) is 6.18. The second-order valence-corrected chi connectivity index (χ2v) is 5.40. The Labute approximate surface area is 106 Å². The Hall–Kier alpha value is -1.58. The molecule has 0 radical (unpaired) electrons. The average Bonchev–Trinajstić information content (AvgIpc) is 2.24. The van der Waals surface area contributed by atoms with Crippen LogP contribution in [0.5, 0.6) is 0 Å². The van der Waals surface area contributed by atoms with Crippen LogP contribution in [-0.4, -0.2) is 16.6 Å². The van der Waals surface area contributed by atoms with Gasteiger partial charge in [0.25, 0.3) is 0 Å². The maximum atomic E-state index is 13.5. The van der Waals surface area contributed by atoms with Gasteiger partial charge in [-0.2, -0.15) is 0 Å². The fourth-order valence-corrected chi connectivity index (χ4v) is 2.46. The van der Waals surface area contributed by atoms with Crippen LogP contribution in [0.15, 0.2) is 24.3 Å². The molecular weight excluding hydrogens is 233 g/mol. The first-order valence-electron chi connectivity index (χ1n) is 6.21. The Bertz CT molecular complexity index is 453. The molecule has 98 valence electrons. The van der Waals surface area contributed by atoms with Crippen molar-refractivity contribution >= 4 is 11.7 Å². The van der Waals surface area contributed by atoms with Crippen molar-refractivity contribution in [1.29, 1.82) is 0 Å². The van der Waals surface area contributed by atoms with Crippen molar-refractivity contribution in [2.24, 2.45) is 11.8 Å². The Balaban J connectivity index is 2.15. The molecule has 18 heavy (non-hydrogen) atoms. The van der Waals surface area contributed by atoms with E-state index in [1.54, 1.807) is 18.2 Å². The summed E-state index contributed by atoms with van der Waals surface area (Å²) in [5.41, 5.74) is -0.737. The Kier molecular flexibility index (Phi) is 3.28. The first kappa shape index (κ1) is 12.9. The van der Waals surface area contributed by atoms with E-state index in [1.165, 1.54) is 6.07 Å². The fraction of sp³-hybridized carbons (Fsp3) is 0.500. The van der Waals surface area contributed by atoms with Crippen molar-refractivity contribution in [2.75, 3.05) is 5.32 Å². The van der Waals surface area contributed by atoms with Crippen LogP contribution in [0.3, 0.4) is 0 Å². The van der Waals surface area contributed by atoms with E-state index in [2.05, 4.69) is 19.2 Å². The fourth-order valence-electron chi connectivity index (χ4n) is 2.46. The molecule has 4 heteroatoms. The maximum Gasteiger partial charge on any atom is 0.329 e. The quantitative estimate of drug-likeness (QED) is 0.864. The number of benzene rings is 1. The number of para-hydroxylation sites is 1. The van der Waals surface area contributed by atoms with Gasteiger partial charge in [-0.3, -0.25) is 0 Å². The zero-order chi connectivity index (χ0) is 13.3. The van der Waals surface area contributed by atoms with Gasteiger partial charge in [0.1, 0.15) is 11.4 Å². The lowest BCUT2D eigenvalue weighted by molar-refractivity contribution is -0.148. The number of hydrogen-bond acceptors (Lipinski definition) is 2. The Morgan fingerprint density at radius 3 is 2.56 bits per heavy atom. The number of carbonyl (C=O) groups is 1. The van der Waals surface area contributed by atoms with Crippen molar-refractivity contribution in [3.8, 4) is 0 Å². The zero-order valence-electron chi connectivity index (χ0n) is 10.6. The molecule has 0 spiro atoms. The number of rotatable bonds is 4. The molecule has 0 bridgehead atoms. The van der Waals surface area contributed by atoms with Gasteiger partial charge in [-0.25, -0.2) is 9.18 Å². The third-order valence-electron chi connectivity index (χ3n) is 3.82. The van der Waals surface area contributed by atoms with E-state index in [1.807, 2.05) is 0 Å². The highest BCUT2D eigenvalue weighted by molar-refractivity contribution is 5.84. The molecule has 2 N–H and O–H groups in total. The van der Waals surface area contributed by atoms with E-state index in [4.69, 9.17) is 0 Å². The van der Waals surface area contributed by atoms with Crippen LogP contribution in [0.4, 0.5) is 10.1 Å². The Morgan fingerprint density at radius 1 is 1.44 bits per heavy atom. The predicted octanol–water partition coefficient (Wildman–Crippen LogP) is 3.13. The van der Waals surface area contributed by atoms with Crippen LogP contribution in [0.2, 0.25) is 0 Å². The summed E-state index contributed by atoms with van der Waals surface area (Å²) in [6.07, 6.45) is 1.10. The van der Waals surface area contributed by atoms with Crippen LogP contribution in [-0.2, 0) is 4.79 Å². The van der Waals surface area contributed by atoms with E-state index in [0.717, 1.165) is 0 Å². The summed E-state index contributed by atoms with van der Waals surface area (Å²) in [5, 5.41) is 12.2. The van der Waals surface area contributed by atoms with Crippen molar-refractivity contribution in [3.05, 3.63) is 30.1 Å². The van der Waals surface area contributed by atoms with Gasteiger partial charge in [0.15, 0.2) is 0 Å². The number of hydrogen-bond donors (Lipinski definition) is 2. The van der Waals surface area contributed by atoms with Crippen molar-refractivity contribution in [1.82, 2.24) is 0 Å². The number of aliphatic carboxylic acids is 1. The molecule has 0 saturated heterocycles. The number of carboxylic acid groups (broad SMARTS) is 1. The standard InChI is InChI=1S/C14H18FNO2/c1-9(2)10-7-14(8-10,13(17)18)16-12-6-4-3-5-11(12)15/h3-6,9-10,16H,7-8H2,1-2H3,(H,17,18). The second-order valence-electron chi connectivity index (χ2n) is 5.40. The molecule has 0 amide bonds. The molecule has 0 heterocycles. The first-order valence-corrected chi connectivity index (χ1v) is 6.21. The van der Waals surface area contributed by atoms with Gasteiger partial charge in [0, 0.05) is 0 Å². The SMILES string of the molecule is CC(C)C1CC(Nc2ccccc2F)(C(=O)O)C1. The summed E-state index contributed by atoms with van der Waals surface area (Å²) >= 11 is 0. The van der Waals surface area contributed by atoms with Crippen LogP contribution in [0.1, 0.15) is 26.7 Å². The molecule has 1 aliphatic rings. The molecule has 1 saturated carbocycles. The van der Waals surface area contributed by atoms with Gasteiger partial charge in [-0.1, -0.05) is 26.0 Å². The number of anilines is 1. The lowest BCUT2D eigenvalue weighted by atomic mass is 9.64. The van der Waals surface area contributed by atoms with E-state index < -0.39 is 17.3 Å². The van der Waals surface area contributed by atoms with E-state index >= 15 is 0 Å². The topological polar surface area (TPSA) is 49.3 Å². The summed E-state index contributed by atoms with van der Waals surface area (Å²) in [6.45, 7) is 4.17. The molecule has 2 rings (SSSR count). The summed E-state index contributed by atoms with van der Waals surface area (Å²) in [7, 11) is 0. The van der Waals surface area contributed by atoms with Crippen LogP contribution in [0, 0.1) is 17.7 Å². The summed E-state index contributed by atoms with van der Waals surface area (Å²) in [4.78, 5) is 11.4. The number of nitrogens with one attached hydrogen (secondary N) is 1. The van der Waals surface area contributed by atoms with E-state index in [9.17, 15) is 14.3 Å². The van der Waals surface area contributed by atoms with Gasteiger partial charge < -0.3 is 10.4 Å². The Morgan fingerprint density at radius 2 is 2.06 bits per heavy atom. The summed E-state index contributed by atoms with van der Waals surface area (Å²) < 4.78 is 13.5. The minimum Gasteiger partial charge on any atom is -0.480 e. The lowest BCUT2D eigenvalue weighted by Crippen LogP contribution is -2.57. The van der Waals surface area contributed by atoms with E-state index in [0.29, 0.717) is 24.7 Å². The number of carboxylic acids is 1.